The number of fused-ring (bicyclic) bond motifs is 1. The van der Waals surface area contributed by atoms with E-state index in [9.17, 15) is 4.79 Å². The number of amides is 1. The molecule has 0 aliphatic heterocycles. The van der Waals surface area contributed by atoms with Gasteiger partial charge in [0.15, 0.2) is 0 Å². The number of aromatic nitrogens is 5. The highest BCUT2D eigenvalue weighted by Gasteiger charge is 2.13. The zero-order valence-corrected chi connectivity index (χ0v) is 13.3. The lowest BCUT2D eigenvalue weighted by Crippen LogP contribution is -2.33. The fourth-order valence-electron chi connectivity index (χ4n) is 2.46. The fourth-order valence-corrected chi connectivity index (χ4v) is 2.46. The molecule has 2 aromatic heterocycles. The lowest BCUT2D eigenvalue weighted by atomic mass is 10.1. The third-order valence-corrected chi connectivity index (χ3v) is 3.72. The Morgan fingerprint density at radius 3 is 3.09 bits per heavy atom. The molecule has 1 amide bonds. The van der Waals surface area contributed by atoms with Crippen LogP contribution in [0.5, 0.6) is 0 Å². The molecule has 0 aliphatic carbocycles. The molecule has 0 unspecified atom stereocenters. The van der Waals surface area contributed by atoms with Crippen molar-refractivity contribution in [2.45, 2.75) is 26.8 Å². The van der Waals surface area contributed by atoms with E-state index in [-0.39, 0.29) is 11.8 Å². The summed E-state index contributed by atoms with van der Waals surface area (Å²) in [6, 6.07) is 6.12. The largest absolute Gasteiger partial charge is 0.355 e. The molecule has 1 aromatic carbocycles. The van der Waals surface area contributed by atoms with Gasteiger partial charge in [-0.2, -0.15) is 5.10 Å². The van der Waals surface area contributed by atoms with Crippen molar-refractivity contribution in [3.05, 3.63) is 42.2 Å². The third kappa shape index (κ3) is 3.74. The van der Waals surface area contributed by atoms with Crippen LogP contribution in [0.25, 0.3) is 11.0 Å². The first-order valence-electron chi connectivity index (χ1n) is 7.67. The number of imidazole rings is 1. The van der Waals surface area contributed by atoms with Crippen LogP contribution in [-0.2, 0) is 17.8 Å². The van der Waals surface area contributed by atoms with Crippen molar-refractivity contribution in [3.63, 3.8) is 0 Å². The van der Waals surface area contributed by atoms with Crippen LogP contribution in [0.4, 0.5) is 0 Å². The summed E-state index contributed by atoms with van der Waals surface area (Å²) < 4.78 is 1.66. The number of hydrogen-bond acceptors (Lipinski definition) is 4. The van der Waals surface area contributed by atoms with Gasteiger partial charge in [0.2, 0.25) is 5.91 Å². The van der Waals surface area contributed by atoms with E-state index in [2.05, 4.69) is 38.4 Å². The molecule has 0 fully saturated rings. The van der Waals surface area contributed by atoms with Gasteiger partial charge in [0.05, 0.1) is 23.5 Å². The summed E-state index contributed by atoms with van der Waals surface area (Å²) in [5.74, 6) is 0.734. The van der Waals surface area contributed by atoms with Gasteiger partial charge in [-0.1, -0.05) is 13.0 Å². The van der Waals surface area contributed by atoms with Crippen LogP contribution in [0.1, 0.15) is 18.3 Å². The number of carbonyl (C=O) groups is 1. The normalized spacial score (nSPS) is 12.4. The number of carbonyl (C=O) groups excluding carboxylic acids is 1. The molecule has 2 heterocycles. The number of aryl methyl sites for hydroxylation is 1. The predicted molar refractivity (Wildman–Crippen MR) is 86.7 cm³/mol. The molecule has 23 heavy (non-hydrogen) atoms. The van der Waals surface area contributed by atoms with Crippen molar-refractivity contribution in [3.8, 4) is 0 Å². The zero-order chi connectivity index (χ0) is 16.2. The Bertz CT molecular complexity index is 792. The van der Waals surface area contributed by atoms with Crippen LogP contribution in [0.3, 0.4) is 0 Å². The molecule has 3 aromatic rings. The van der Waals surface area contributed by atoms with E-state index >= 15 is 0 Å². The molecule has 2 N–H and O–H groups in total. The summed E-state index contributed by atoms with van der Waals surface area (Å²) >= 11 is 0. The number of aromatic amines is 1. The zero-order valence-electron chi connectivity index (χ0n) is 13.3. The summed E-state index contributed by atoms with van der Waals surface area (Å²) in [6.07, 6.45) is 3.75. The number of H-pyrrole nitrogens is 1. The highest BCUT2D eigenvalue weighted by atomic mass is 16.1. The second-order valence-corrected chi connectivity index (χ2v) is 5.76. The quantitative estimate of drug-likeness (QED) is 0.721. The van der Waals surface area contributed by atoms with Gasteiger partial charge in [0.25, 0.3) is 0 Å². The maximum atomic E-state index is 12.1. The van der Waals surface area contributed by atoms with E-state index in [1.807, 2.05) is 19.1 Å². The Morgan fingerprint density at radius 1 is 1.43 bits per heavy atom. The van der Waals surface area contributed by atoms with Gasteiger partial charge in [-0.05, 0) is 24.6 Å². The van der Waals surface area contributed by atoms with E-state index in [0.717, 1.165) is 16.9 Å². The summed E-state index contributed by atoms with van der Waals surface area (Å²) in [6.45, 7) is 5.01. The topological polar surface area (TPSA) is 88.5 Å². The number of nitrogens with zero attached hydrogens (tertiary/aromatic N) is 4. The first-order chi connectivity index (χ1) is 11.1. The average Bonchev–Trinajstić information content (AvgIpc) is 3.15. The highest BCUT2D eigenvalue weighted by Crippen LogP contribution is 2.13. The van der Waals surface area contributed by atoms with Crippen LogP contribution >= 0.6 is 0 Å². The SMILES string of the molecule is Cc1ccc2nc(CCNC(=O)[C@@H](C)Cn3cncn3)[nH]c2c1. The second kappa shape index (κ2) is 6.60. The second-order valence-electron chi connectivity index (χ2n) is 5.76. The lowest BCUT2D eigenvalue weighted by molar-refractivity contribution is -0.124. The molecule has 0 saturated carbocycles. The standard InChI is InChI=1S/C16H20N6O/c1-11-3-4-13-14(7-11)21-15(20-13)5-6-18-16(23)12(2)8-22-10-17-9-19-22/h3-4,7,9-10,12H,5-6,8H2,1-2H3,(H,18,23)(H,20,21)/t12-/m0/s1. The van der Waals surface area contributed by atoms with Crippen molar-refractivity contribution < 1.29 is 4.79 Å². The van der Waals surface area contributed by atoms with E-state index in [0.29, 0.717) is 19.5 Å². The monoisotopic (exact) mass is 312 g/mol. The van der Waals surface area contributed by atoms with Crippen LogP contribution < -0.4 is 5.32 Å². The molecule has 7 nitrogen and oxygen atoms in total. The Morgan fingerprint density at radius 2 is 2.30 bits per heavy atom. The molecule has 0 aliphatic rings. The van der Waals surface area contributed by atoms with Crippen molar-refractivity contribution in [2.24, 2.45) is 5.92 Å². The number of nitrogens with one attached hydrogen (secondary N) is 2. The number of benzene rings is 1. The van der Waals surface area contributed by atoms with E-state index in [4.69, 9.17) is 0 Å². The fraction of sp³-hybridized carbons (Fsp3) is 0.375. The summed E-state index contributed by atoms with van der Waals surface area (Å²) in [5.41, 5.74) is 3.19. The van der Waals surface area contributed by atoms with Gasteiger partial charge >= 0.3 is 0 Å². The van der Waals surface area contributed by atoms with E-state index in [1.54, 1.807) is 11.0 Å². The molecular weight excluding hydrogens is 292 g/mol. The first kappa shape index (κ1) is 15.2. The van der Waals surface area contributed by atoms with Gasteiger partial charge in [-0.3, -0.25) is 9.48 Å². The predicted octanol–water partition coefficient (Wildman–Crippen LogP) is 1.46. The third-order valence-electron chi connectivity index (χ3n) is 3.72. The summed E-state index contributed by atoms with van der Waals surface area (Å²) in [4.78, 5) is 23.8. The molecule has 0 spiro atoms. The van der Waals surface area contributed by atoms with Gasteiger partial charge in [0.1, 0.15) is 18.5 Å². The highest BCUT2D eigenvalue weighted by molar-refractivity contribution is 5.78. The minimum absolute atomic E-state index is 0.00690. The molecule has 3 rings (SSSR count). The maximum Gasteiger partial charge on any atom is 0.224 e. The number of rotatable bonds is 6. The Balaban J connectivity index is 1.50. The summed E-state index contributed by atoms with van der Waals surface area (Å²) in [7, 11) is 0. The molecular formula is C16H20N6O. The summed E-state index contributed by atoms with van der Waals surface area (Å²) in [5, 5.41) is 6.95. The first-order valence-corrected chi connectivity index (χ1v) is 7.67. The van der Waals surface area contributed by atoms with Gasteiger partial charge < -0.3 is 10.3 Å². The molecule has 0 saturated heterocycles. The smallest absolute Gasteiger partial charge is 0.224 e. The Labute approximate surface area is 134 Å². The molecule has 0 radical (unpaired) electrons. The van der Waals surface area contributed by atoms with Crippen LogP contribution in [0.15, 0.2) is 30.9 Å². The molecule has 1 atom stereocenters. The van der Waals surface area contributed by atoms with Gasteiger partial charge in [-0.25, -0.2) is 9.97 Å². The van der Waals surface area contributed by atoms with Gasteiger partial charge in [0, 0.05) is 13.0 Å². The van der Waals surface area contributed by atoms with E-state index in [1.165, 1.54) is 11.9 Å². The van der Waals surface area contributed by atoms with Crippen molar-refractivity contribution in [2.75, 3.05) is 6.54 Å². The van der Waals surface area contributed by atoms with Gasteiger partial charge in [-0.15, -0.1) is 0 Å². The Hall–Kier alpha value is -2.70. The van der Waals surface area contributed by atoms with Crippen LogP contribution in [0, 0.1) is 12.8 Å². The van der Waals surface area contributed by atoms with E-state index < -0.39 is 0 Å². The number of hydrogen-bond donors (Lipinski definition) is 2. The Kier molecular flexibility index (Phi) is 4.36. The minimum Gasteiger partial charge on any atom is -0.355 e. The molecule has 120 valence electrons. The minimum atomic E-state index is -0.157. The maximum absolute atomic E-state index is 12.1. The molecule has 0 bridgehead atoms. The average molecular weight is 312 g/mol. The molecule has 7 heteroatoms. The van der Waals surface area contributed by atoms with Crippen LogP contribution in [0.2, 0.25) is 0 Å². The van der Waals surface area contributed by atoms with Crippen LogP contribution in [-0.4, -0.2) is 37.2 Å². The van der Waals surface area contributed by atoms with Crippen molar-refractivity contribution in [1.29, 1.82) is 0 Å². The lowest BCUT2D eigenvalue weighted by Gasteiger charge is -2.11. The van der Waals surface area contributed by atoms with Crippen molar-refractivity contribution >= 4 is 16.9 Å². The van der Waals surface area contributed by atoms with Crippen molar-refractivity contribution in [1.82, 2.24) is 30.0 Å².